The Hall–Kier alpha value is -0.510. The van der Waals surface area contributed by atoms with Gasteiger partial charge < -0.3 is 10.4 Å². The molecule has 1 aliphatic heterocycles. The third-order valence-electron chi connectivity index (χ3n) is 3.14. The molecular formula is C14H21NOS. The monoisotopic (exact) mass is 251 g/mol. The van der Waals surface area contributed by atoms with Gasteiger partial charge in [-0.3, -0.25) is 0 Å². The molecular weight excluding hydrogens is 230 g/mol. The molecule has 1 heterocycles. The van der Waals surface area contributed by atoms with Crippen molar-refractivity contribution in [2.45, 2.75) is 43.2 Å². The minimum Gasteiger partial charge on any atom is -0.393 e. The van der Waals surface area contributed by atoms with Crippen LogP contribution in [-0.2, 0) is 0 Å². The molecule has 1 aromatic carbocycles. The number of thioether (sulfide) groups is 1. The average Bonchev–Trinajstić information content (AvgIpc) is 2.52. The van der Waals surface area contributed by atoms with Crippen LogP contribution in [-0.4, -0.2) is 23.5 Å². The molecule has 0 unspecified atom stereocenters. The lowest BCUT2D eigenvalue weighted by Gasteiger charge is -2.19. The predicted octanol–water partition coefficient (Wildman–Crippen LogP) is 2.97. The topological polar surface area (TPSA) is 32.3 Å². The van der Waals surface area contributed by atoms with Gasteiger partial charge in [-0.25, -0.2) is 0 Å². The Morgan fingerprint density at radius 2 is 2.29 bits per heavy atom. The number of benzene rings is 1. The lowest BCUT2D eigenvalue weighted by atomic mass is 10.0. The Morgan fingerprint density at radius 3 is 3.12 bits per heavy atom. The number of hydrogen-bond donors (Lipinski definition) is 2. The van der Waals surface area contributed by atoms with Gasteiger partial charge in [-0.1, -0.05) is 18.2 Å². The van der Waals surface area contributed by atoms with Crippen LogP contribution in [0.15, 0.2) is 29.2 Å². The molecule has 3 heteroatoms. The first kappa shape index (κ1) is 12.9. The molecule has 0 saturated carbocycles. The van der Waals surface area contributed by atoms with Gasteiger partial charge in [0, 0.05) is 10.9 Å². The SMILES string of the molecule is C[C@@H](O)CCN[C@H]1CCCSc2ccccc21. The van der Waals surface area contributed by atoms with Gasteiger partial charge >= 0.3 is 0 Å². The summed E-state index contributed by atoms with van der Waals surface area (Å²) in [5, 5.41) is 12.9. The standard InChI is InChI=1S/C14H21NOS/c1-11(16)8-9-15-13-6-4-10-17-14-7-3-2-5-12(13)14/h2-3,5,7,11,13,15-16H,4,6,8-10H2,1H3/t11-,13+/m1/s1. The summed E-state index contributed by atoms with van der Waals surface area (Å²) in [5.74, 6) is 1.21. The van der Waals surface area contributed by atoms with Crippen molar-refractivity contribution in [3.63, 3.8) is 0 Å². The van der Waals surface area contributed by atoms with Gasteiger partial charge in [-0.15, -0.1) is 11.8 Å². The fourth-order valence-corrected chi connectivity index (χ4v) is 3.29. The maximum atomic E-state index is 9.29. The van der Waals surface area contributed by atoms with Crippen molar-refractivity contribution in [2.24, 2.45) is 0 Å². The van der Waals surface area contributed by atoms with Gasteiger partial charge in [-0.2, -0.15) is 0 Å². The van der Waals surface area contributed by atoms with Crippen LogP contribution in [0.25, 0.3) is 0 Å². The maximum Gasteiger partial charge on any atom is 0.0524 e. The van der Waals surface area contributed by atoms with Crippen molar-refractivity contribution in [3.05, 3.63) is 29.8 Å². The molecule has 0 aromatic heterocycles. The van der Waals surface area contributed by atoms with Crippen molar-refractivity contribution >= 4 is 11.8 Å². The van der Waals surface area contributed by atoms with Crippen LogP contribution in [0.3, 0.4) is 0 Å². The van der Waals surface area contributed by atoms with Crippen molar-refractivity contribution in [1.29, 1.82) is 0 Å². The second kappa shape index (κ2) is 6.43. The maximum absolute atomic E-state index is 9.29. The number of nitrogens with one attached hydrogen (secondary N) is 1. The van der Waals surface area contributed by atoms with Gasteiger partial charge in [0.25, 0.3) is 0 Å². The van der Waals surface area contributed by atoms with Crippen LogP contribution in [0.2, 0.25) is 0 Å². The molecule has 17 heavy (non-hydrogen) atoms. The minimum absolute atomic E-state index is 0.210. The number of rotatable bonds is 4. The van der Waals surface area contributed by atoms with Crippen LogP contribution in [0.4, 0.5) is 0 Å². The molecule has 94 valence electrons. The van der Waals surface area contributed by atoms with Crippen molar-refractivity contribution in [2.75, 3.05) is 12.3 Å². The third kappa shape index (κ3) is 3.73. The zero-order chi connectivity index (χ0) is 12.1. The van der Waals surface area contributed by atoms with Gasteiger partial charge in [0.15, 0.2) is 0 Å². The first-order valence-corrected chi connectivity index (χ1v) is 7.39. The lowest BCUT2D eigenvalue weighted by Crippen LogP contribution is -2.24. The van der Waals surface area contributed by atoms with E-state index in [-0.39, 0.29) is 6.10 Å². The summed E-state index contributed by atoms with van der Waals surface area (Å²) in [4.78, 5) is 1.42. The summed E-state index contributed by atoms with van der Waals surface area (Å²) in [6.45, 7) is 2.74. The van der Waals surface area contributed by atoms with E-state index in [1.54, 1.807) is 0 Å². The smallest absolute Gasteiger partial charge is 0.0524 e. The Kier molecular flexibility index (Phi) is 4.89. The summed E-state index contributed by atoms with van der Waals surface area (Å²) >= 11 is 1.96. The normalized spacial score (nSPS) is 21.6. The molecule has 0 bridgehead atoms. The number of fused-ring (bicyclic) bond motifs is 1. The molecule has 1 aliphatic rings. The van der Waals surface area contributed by atoms with E-state index >= 15 is 0 Å². The average molecular weight is 251 g/mol. The molecule has 2 rings (SSSR count). The van der Waals surface area contributed by atoms with E-state index in [1.165, 1.54) is 29.1 Å². The van der Waals surface area contributed by atoms with Gasteiger partial charge in [0.2, 0.25) is 0 Å². The lowest BCUT2D eigenvalue weighted by molar-refractivity contribution is 0.182. The highest BCUT2D eigenvalue weighted by Crippen LogP contribution is 2.34. The summed E-state index contributed by atoms with van der Waals surface area (Å²) in [7, 11) is 0. The minimum atomic E-state index is -0.210. The van der Waals surface area contributed by atoms with Crippen molar-refractivity contribution in [1.82, 2.24) is 5.32 Å². The quantitative estimate of drug-likeness (QED) is 0.863. The fraction of sp³-hybridized carbons (Fsp3) is 0.571. The zero-order valence-corrected chi connectivity index (χ0v) is 11.2. The van der Waals surface area contributed by atoms with Crippen LogP contribution >= 0.6 is 11.8 Å². The summed E-state index contributed by atoms with van der Waals surface area (Å²) in [6.07, 6.45) is 3.07. The highest BCUT2D eigenvalue weighted by atomic mass is 32.2. The first-order chi connectivity index (χ1) is 8.27. The van der Waals surface area contributed by atoms with Gasteiger partial charge in [0.05, 0.1) is 6.10 Å². The number of aliphatic hydroxyl groups excluding tert-OH is 1. The van der Waals surface area contributed by atoms with Gasteiger partial charge in [0.1, 0.15) is 0 Å². The van der Waals surface area contributed by atoms with Crippen molar-refractivity contribution < 1.29 is 5.11 Å². The second-order valence-corrected chi connectivity index (χ2v) is 5.81. The predicted molar refractivity (Wildman–Crippen MR) is 73.4 cm³/mol. The largest absolute Gasteiger partial charge is 0.393 e. The van der Waals surface area contributed by atoms with E-state index in [9.17, 15) is 5.11 Å². The molecule has 0 saturated heterocycles. The van der Waals surface area contributed by atoms with Crippen LogP contribution < -0.4 is 5.32 Å². The summed E-state index contributed by atoms with van der Waals surface area (Å²) in [6, 6.07) is 9.14. The molecule has 0 radical (unpaired) electrons. The molecule has 0 spiro atoms. The van der Waals surface area contributed by atoms with E-state index in [0.29, 0.717) is 6.04 Å². The molecule has 2 N–H and O–H groups in total. The third-order valence-corrected chi connectivity index (χ3v) is 4.32. The molecule has 0 aliphatic carbocycles. The highest BCUT2D eigenvalue weighted by molar-refractivity contribution is 7.99. The van der Waals surface area contributed by atoms with Gasteiger partial charge in [-0.05, 0) is 50.1 Å². The van der Waals surface area contributed by atoms with E-state index in [2.05, 4.69) is 29.6 Å². The summed E-state index contributed by atoms with van der Waals surface area (Å²) < 4.78 is 0. The molecule has 0 amide bonds. The van der Waals surface area contributed by atoms with E-state index in [1.807, 2.05) is 18.7 Å². The number of hydrogen-bond acceptors (Lipinski definition) is 3. The first-order valence-electron chi connectivity index (χ1n) is 6.40. The van der Waals surface area contributed by atoms with Crippen LogP contribution in [0, 0.1) is 0 Å². The van der Waals surface area contributed by atoms with E-state index in [0.717, 1.165) is 13.0 Å². The molecule has 0 fully saturated rings. The van der Waals surface area contributed by atoms with E-state index < -0.39 is 0 Å². The fourth-order valence-electron chi connectivity index (χ4n) is 2.20. The molecule has 2 atom stereocenters. The van der Waals surface area contributed by atoms with Crippen LogP contribution in [0.1, 0.15) is 37.8 Å². The highest BCUT2D eigenvalue weighted by Gasteiger charge is 2.17. The molecule has 2 nitrogen and oxygen atoms in total. The van der Waals surface area contributed by atoms with Crippen LogP contribution in [0.5, 0.6) is 0 Å². The Balaban J connectivity index is 2.01. The second-order valence-electron chi connectivity index (χ2n) is 4.67. The van der Waals surface area contributed by atoms with Crippen molar-refractivity contribution in [3.8, 4) is 0 Å². The zero-order valence-electron chi connectivity index (χ0n) is 10.4. The Morgan fingerprint density at radius 1 is 1.47 bits per heavy atom. The Bertz CT molecular complexity index is 354. The summed E-state index contributed by atoms with van der Waals surface area (Å²) in [5.41, 5.74) is 1.43. The Labute approximate surface area is 108 Å². The van der Waals surface area contributed by atoms with E-state index in [4.69, 9.17) is 0 Å². The molecule has 1 aromatic rings. The number of aliphatic hydroxyl groups is 1.